The van der Waals surface area contributed by atoms with Gasteiger partial charge in [0.1, 0.15) is 6.33 Å². The highest BCUT2D eigenvalue weighted by molar-refractivity contribution is 7.71. The molecule has 0 saturated carbocycles. The molecule has 4 rings (SSSR count). The molecule has 3 aromatic rings. The molecule has 0 spiro atoms. The molecule has 0 bridgehead atoms. The Kier molecular flexibility index (Phi) is 6.59. The van der Waals surface area contributed by atoms with Crippen LogP contribution in [0.25, 0.3) is 5.69 Å². The van der Waals surface area contributed by atoms with E-state index in [0.717, 1.165) is 31.9 Å². The molecule has 1 N–H and O–H groups in total. The summed E-state index contributed by atoms with van der Waals surface area (Å²) in [5.41, 5.74) is 1.65. The molecule has 1 aliphatic rings. The van der Waals surface area contributed by atoms with Crippen LogP contribution in [0.4, 0.5) is 5.69 Å². The van der Waals surface area contributed by atoms with Gasteiger partial charge in [0.05, 0.1) is 23.9 Å². The third-order valence-electron chi connectivity index (χ3n) is 5.08. The standard InChI is InChI=1S/C21H23ClN6OS/c22-18-8-4-5-9-19(18)24-20(29)14-25-10-12-26(13-11-25)16-28-21(30)27(15-23-28)17-6-2-1-3-7-17/h1-9,15H,10-14,16H2,(H,24,29). The molecule has 1 amide bonds. The van der Waals surface area contributed by atoms with Crippen molar-refractivity contribution in [3.8, 4) is 5.69 Å². The summed E-state index contributed by atoms with van der Waals surface area (Å²) in [7, 11) is 0. The number of halogens is 1. The molecular formula is C21H23ClN6OS. The van der Waals surface area contributed by atoms with Crippen molar-refractivity contribution in [2.75, 3.05) is 38.0 Å². The Morgan fingerprint density at radius 1 is 1.00 bits per heavy atom. The zero-order valence-corrected chi connectivity index (χ0v) is 18.0. The molecular weight excluding hydrogens is 420 g/mol. The van der Waals surface area contributed by atoms with Crippen LogP contribution >= 0.6 is 23.8 Å². The van der Waals surface area contributed by atoms with E-state index in [1.807, 2.05) is 51.7 Å². The van der Waals surface area contributed by atoms with Gasteiger partial charge in [0.25, 0.3) is 0 Å². The minimum absolute atomic E-state index is 0.0552. The lowest BCUT2D eigenvalue weighted by Gasteiger charge is -2.33. The maximum Gasteiger partial charge on any atom is 0.238 e. The Morgan fingerprint density at radius 3 is 2.40 bits per heavy atom. The fourth-order valence-electron chi connectivity index (χ4n) is 3.43. The third-order valence-corrected chi connectivity index (χ3v) is 5.82. The van der Waals surface area contributed by atoms with E-state index in [2.05, 4.69) is 20.2 Å². The quantitative estimate of drug-likeness (QED) is 0.594. The average molecular weight is 443 g/mol. The largest absolute Gasteiger partial charge is 0.324 e. The number of hydrogen-bond acceptors (Lipinski definition) is 5. The number of piperazine rings is 1. The summed E-state index contributed by atoms with van der Waals surface area (Å²) in [4.78, 5) is 16.8. The third kappa shape index (κ3) is 4.96. The van der Waals surface area contributed by atoms with Crippen LogP contribution in [0.1, 0.15) is 0 Å². The number of rotatable bonds is 6. The van der Waals surface area contributed by atoms with Gasteiger partial charge in [-0.05, 0) is 36.5 Å². The van der Waals surface area contributed by atoms with Crippen LogP contribution in [0.2, 0.25) is 5.02 Å². The molecule has 9 heteroatoms. The fraction of sp³-hybridized carbons (Fsp3) is 0.286. The number of nitrogens with zero attached hydrogens (tertiary/aromatic N) is 5. The Morgan fingerprint density at radius 2 is 1.67 bits per heavy atom. The number of carbonyl (C=O) groups is 1. The van der Waals surface area contributed by atoms with Gasteiger partial charge in [-0.25, -0.2) is 4.68 Å². The molecule has 0 radical (unpaired) electrons. The van der Waals surface area contributed by atoms with E-state index in [4.69, 9.17) is 23.8 Å². The van der Waals surface area contributed by atoms with Gasteiger partial charge in [-0.3, -0.25) is 19.2 Å². The zero-order valence-electron chi connectivity index (χ0n) is 16.4. The van der Waals surface area contributed by atoms with Crippen LogP contribution in [0.5, 0.6) is 0 Å². The SMILES string of the molecule is O=C(CN1CCN(Cn2ncn(-c3ccccc3)c2=S)CC1)Nc1ccccc1Cl. The van der Waals surface area contributed by atoms with Crippen molar-refractivity contribution < 1.29 is 4.79 Å². The minimum atomic E-state index is -0.0552. The number of para-hydroxylation sites is 2. The van der Waals surface area contributed by atoms with Gasteiger partial charge in [0.15, 0.2) is 0 Å². The summed E-state index contributed by atoms with van der Waals surface area (Å²) < 4.78 is 4.41. The predicted octanol–water partition coefficient (Wildman–Crippen LogP) is 3.27. The van der Waals surface area contributed by atoms with Gasteiger partial charge in [-0.15, -0.1) is 0 Å². The number of anilines is 1. The Bertz CT molecular complexity index is 1060. The second kappa shape index (κ2) is 9.53. The van der Waals surface area contributed by atoms with Gasteiger partial charge >= 0.3 is 0 Å². The molecule has 1 aromatic heterocycles. The number of nitrogens with one attached hydrogen (secondary N) is 1. The summed E-state index contributed by atoms with van der Waals surface area (Å²) in [6.07, 6.45) is 1.76. The van der Waals surface area contributed by atoms with Gasteiger partial charge in [-0.1, -0.05) is 41.9 Å². The molecule has 0 atom stereocenters. The summed E-state index contributed by atoms with van der Waals surface area (Å²) in [6.45, 7) is 4.30. The van der Waals surface area contributed by atoms with E-state index in [9.17, 15) is 4.79 Å². The molecule has 1 fully saturated rings. The number of hydrogen-bond donors (Lipinski definition) is 1. The van der Waals surface area contributed by atoms with E-state index in [1.165, 1.54) is 0 Å². The van der Waals surface area contributed by atoms with Crippen LogP contribution in [-0.4, -0.2) is 62.8 Å². The second-order valence-corrected chi connectivity index (χ2v) is 7.95. The van der Waals surface area contributed by atoms with E-state index >= 15 is 0 Å². The van der Waals surface area contributed by atoms with Crippen LogP contribution in [0.15, 0.2) is 60.9 Å². The van der Waals surface area contributed by atoms with Crippen LogP contribution in [0, 0.1) is 4.77 Å². The van der Waals surface area contributed by atoms with Crippen molar-refractivity contribution in [1.29, 1.82) is 0 Å². The highest BCUT2D eigenvalue weighted by Gasteiger charge is 2.20. The van der Waals surface area contributed by atoms with Crippen molar-refractivity contribution in [2.24, 2.45) is 0 Å². The van der Waals surface area contributed by atoms with E-state index in [1.54, 1.807) is 18.5 Å². The van der Waals surface area contributed by atoms with Crippen LogP contribution in [-0.2, 0) is 11.5 Å². The first-order valence-electron chi connectivity index (χ1n) is 9.79. The Balaban J connectivity index is 1.28. The number of benzene rings is 2. The summed E-state index contributed by atoms with van der Waals surface area (Å²) in [6, 6.07) is 17.2. The number of aromatic nitrogens is 3. The molecule has 1 aliphatic heterocycles. The first-order chi connectivity index (χ1) is 14.6. The van der Waals surface area contributed by atoms with Crippen molar-refractivity contribution in [1.82, 2.24) is 24.1 Å². The van der Waals surface area contributed by atoms with E-state index in [0.29, 0.717) is 28.7 Å². The first-order valence-corrected chi connectivity index (χ1v) is 10.6. The van der Waals surface area contributed by atoms with Crippen LogP contribution < -0.4 is 5.32 Å². The maximum absolute atomic E-state index is 12.3. The predicted molar refractivity (Wildman–Crippen MR) is 120 cm³/mol. The molecule has 0 unspecified atom stereocenters. The number of carbonyl (C=O) groups excluding carboxylic acids is 1. The number of amides is 1. The molecule has 156 valence electrons. The lowest BCUT2D eigenvalue weighted by molar-refractivity contribution is -0.117. The second-order valence-electron chi connectivity index (χ2n) is 7.18. The Labute approximate surface area is 185 Å². The monoisotopic (exact) mass is 442 g/mol. The van der Waals surface area contributed by atoms with Crippen molar-refractivity contribution in [3.63, 3.8) is 0 Å². The lowest BCUT2D eigenvalue weighted by Crippen LogP contribution is -2.49. The highest BCUT2D eigenvalue weighted by atomic mass is 35.5. The van der Waals surface area contributed by atoms with Crippen molar-refractivity contribution in [3.05, 3.63) is 70.7 Å². The molecule has 1 saturated heterocycles. The minimum Gasteiger partial charge on any atom is -0.324 e. The summed E-state index contributed by atoms with van der Waals surface area (Å²) >= 11 is 11.7. The van der Waals surface area contributed by atoms with Gasteiger partial charge < -0.3 is 5.32 Å². The molecule has 0 aliphatic carbocycles. The van der Waals surface area contributed by atoms with Gasteiger partial charge in [0, 0.05) is 31.9 Å². The Hall–Kier alpha value is -2.52. The molecule has 7 nitrogen and oxygen atoms in total. The lowest BCUT2D eigenvalue weighted by atomic mass is 10.3. The van der Waals surface area contributed by atoms with Gasteiger partial charge in [-0.2, -0.15) is 5.10 Å². The van der Waals surface area contributed by atoms with Crippen LogP contribution in [0.3, 0.4) is 0 Å². The smallest absolute Gasteiger partial charge is 0.238 e. The summed E-state index contributed by atoms with van der Waals surface area (Å²) in [5.74, 6) is -0.0552. The average Bonchev–Trinajstić information content (AvgIpc) is 3.12. The fourth-order valence-corrected chi connectivity index (χ4v) is 3.87. The first kappa shape index (κ1) is 20.7. The maximum atomic E-state index is 12.3. The topological polar surface area (TPSA) is 58.3 Å². The van der Waals surface area contributed by atoms with Gasteiger partial charge in [0.2, 0.25) is 10.7 Å². The molecule has 2 heterocycles. The van der Waals surface area contributed by atoms with E-state index < -0.39 is 0 Å². The highest BCUT2D eigenvalue weighted by Crippen LogP contribution is 2.20. The van der Waals surface area contributed by atoms with Crippen molar-refractivity contribution in [2.45, 2.75) is 6.67 Å². The molecule has 30 heavy (non-hydrogen) atoms. The molecule has 2 aromatic carbocycles. The summed E-state index contributed by atoms with van der Waals surface area (Å²) in [5, 5.41) is 7.87. The van der Waals surface area contributed by atoms with Crippen molar-refractivity contribution >= 4 is 35.4 Å². The van der Waals surface area contributed by atoms with E-state index in [-0.39, 0.29) is 5.91 Å². The normalized spacial score (nSPS) is 15.2. The zero-order chi connectivity index (χ0) is 20.9.